The second-order valence-electron chi connectivity index (χ2n) is 18.8. The van der Waals surface area contributed by atoms with Crippen molar-refractivity contribution in [3.8, 4) is 22.3 Å². The molecule has 5 heteroatoms. The Morgan fingerprint density at radius 2 is 1.38 bits per heavy atom. The summed E-state index contributed by atoms with van der Waals surface area (Å²) in [7, 11) is 0. The van der Waals surface area contributed by atoms with Gasteiger partial charge in [-0.25, -0.2) is 0 Å². The normalized spacial score (nSPS) is 15.2. The first-order chi connectivity index (χ1) is 33.5. The Morgan fingerprint density at radius 3 is 2.15 bits per heavy atom. The minimum atomic E-state index is -0.0498. The fourth-order valence-corrected chi connectivity index (χ4v) is 13.0. The number of rotatable bonds is 9. The van der Waals surface area contributed by atoms with Gasteiger partial charge in [0.2, 0.25) is 0 Å². The van der Waals surface area contributed by atoms with Gasteiger partial charge in [-0.3, -0.25) is 0 Å². The number of hydrogen-bond acceptors (Lipinski definition) is 4. The highest BCUT2D eigenvalue weighted by molar-refractivity contribution is 7.25. The second-order valence-corrected chi connectivity index (χ2v) is 19.9. The molecular weight excluding hydrogens is 842 g/mol. The average Bonchev–Trinajstić information content (AvgIpc) is 3.93. The lowest BCUT2D eigenvalue weighted by molar-refractivity contribution is 0.616. The van der Waals surface area contributed by atoms with Gasteiger partial charge in [0.05, 0.1) is 22.7 Å². The Hall–Kier alpha value is -7.60. The SMILES string of the molecule is C=C/C=C(\C=C(/C)C1=C(C(C)CC)CCC=C1)N1c2cc3c(cc2N2B4c5c(cccc5-c5ccc6ccccc6c54)-c4cc(N(c5ccccc5)c5ccccc5)cc1c42)sc1ccccc13. The third kappa shape index (κ3) is 6.12. The number of para-hydroxylation sites is 2. The van der Waals surface area contributed by atoms with Crippen LogP contribution >= 0.6 is 11.3 Å². The van der Waals surface area contributed by atoms with E-state index in [0.717, 1.165) is 53.4 Å². The summed E-state index contributed by atoms with van der Waals surface area (Å²) >= 11 is 1.89. The van der Waals surface area contributed by atoms with Crippen molar-refractivity contribution in [3.05, 3.63) is 223 Å². The van der Waals surface area contributed by atoms with Crippen molar-refractivity contribution in [3.63, 3.8) is 0 Å². The Morgan fingerprint density at radius 1 is 0.676 bits per heavy atom. The molecule has 3 aliphatic heterocycles. The van der Waals surface area contributed by atoms with Crippen LogP contribution in [0.25, 0.3) is 53.2 Å². The zero-order valence-corrected chi connectivity index (χ0v) is 39.5. The molecule has 3 nitrogen and oxygen atoms in total. The zero-order chi connectivity index (χ0) is 45.6. The summed E-state index contributed by atoms with van der Waals surface area (Å²) in [6.07, 6.45) is 14.7. The maximum Gasteiger partial charge on any atom is 0.330 e. The van der Waals surface area contributed by atoms with Crippen LogP contribution in [0.1, 0.15) is 40.0 Å². The van der Waals surface area contributed by atoms with Crippen molar-refractivity contribution in [2.75, 3.05) is 14.6 Å². The molecule has 0 saturated carbocycles. The van der Waals surface area contributed by atoms with Crippen molar-refractivity contribution in [2.45, 2.75) is 40.0 Å². The first-order valence-corrected chi connectivity index (χ1v) is 25.0. The zero-order valence-electron chi connectivity index (χ0n) is 38.7. The first-order valence-electron chi connectivity index (χ1n) is 24.2. The molecule has 326 valence electrons. The van der Waals surface area contributed by atoms with E-state index in [2.05, 4.69) is 230 Å². The lowest BCUT2D eigenvalue weighted by Gasteiger charge is -2.47. The van der Waals surface area contributed by atoms with Crippen LogP contribution in [0.15, 0.2) is 223 Å². The smallest absolute Gasteiger partial charge is 0.330 e. The molecule has 0 radical (unpaired) electrons. The molecule has 1 unspecified atom stereocenters. The fraction of sp³-hybridized carbons (Fsp3) is 0.111. The van der Waals surface area contributed by atoms with E-state index in [9.17, 15) is 0 Å². The molecule has 13 rings (SSSR count). The lowest BCUT2D eigenvalue weighted by atomic mass is 9.47. The maximum absolute atomic E-state index is 4.39. The highest BCUT2D eigenvalue weighted by Crippen LogP contribution is 2.60. The maximum atomic E-state index is 4.39. The fourth-order valence-electron chi connectivity index (χ4n) is 11.9. The number of hydrogen-bond donors (Lipinski definition) is 0. The molecule has 1 aliphatic carbocycles. The van der Waals surface area contributed by atoms with Gasteiger partial charge in [0.1, 0.15) is 0 Å². The van der Waals surface area contributed by atoms with E-state index in [0.29, 0.717) is 5.92 Å². The van der Waals surface area contributed by atoms with Crippen LogP contribution in [0, 0.1) is 5.92 Å². The van der Waals surface area contributed by atoms with E-state index >= 15 is 0 Å². The van der Waals surface area contributed by atoms with Crippen LogP contribution in [-0.4, -0.2) is 6.85 Å². The van der Waals surface area contributed by atoms with Crippen molar-refractivity contribution in [2.24, 2.45) is 5.92 Å². The van der Waals surface area contributed by atoms with Crippen LogP contribution in [0.2, 0.25) is 0 Å². The molecule has 0 amide bonds. The summed E-state index contributed by atoms with van der Waals surface area (Å²) < 4.78 is 2.59. The molecule has 4 heterocycles. The largest absolute Gasteiger partial charge is 0.373 e. The molecule has 8 aromatic carbocycles. The van der Waals surface area contributed by atoms with Gasteiger partial charge in [-0.1, -0.05) is 153 Å². The molecule has 1 atom stereocenters. The quantitative estimate of drug-likeness (QED) is 0.106. The van der Waals surface area contributed by atoms with Crippen molar-refractivity contribution in [1.82, 2.24) is 0 Å². The number of nitrogens with zero attached hydrogens (tertiary/aromatic N) is 3. The third-order valence-electron chi connectivity index (χ3n) is 15.0. The number of thiophene rings is 1. The van der Waals surface area contributed by atoms with Gasteiger partial charge >= 0.3 is 6.85 Å². The topological polar surface area (TPSA) is 9.72 Å². The summed E-state index contributed by atoms with van der Waals surface area (Å²) in [5.74, 6) is 0.510. The van der Waals surface area contributed by atoms with Crippen LogP contribution in [0.3, 0.4) is 0 Å². The number of benzene rings is 8. The molecule has 0 N–H and O–H groups in total. The van der Waals surface area contributed by atoms with Crippen molar-refractivity contribution >= 4 is 99.9 Å². The van der Waals surface area contributed by atoms with Crippen LogP contribution in [0.4, 0.5) is 39.8 Å². The molecule has 0 spiro atoms. The molecule has 0 saturated heterocycles. The van der Waals surface area contributed by atoms with E-state index in [1.54, 1.807) is 5.57 Å². The summed E-state index contributed by atoms with van der Waals surface area (Å²) in [5.41, 5.74) is 21.2. The molecule has 4 aliphatic rings. The Bertz CT molecular complexity index is 3650. The predicted molar refractivity (Wildman–Crippen MR) is 295 cm³/mol. The first kappa shape index (κ1) is 40.7. The highest BCUT2D eigenvalue weighted by atomic mass is 32.1. The Balaban J connectivity index is 1.17. The van der Waals surface area contributed by atoms with Gasteiger partial charge in [-0.15, -0.1) is 11.3 Å². The lowest BCUT2D eigenvalue weighted by Crippen LogP contribution is -2.56. The van der Waals surface area contributed by atoms with Gasteiger partial charge in [0.25, 0.3) is 0 Å². The number of anilines is 7. The van der Waals surface area contributed by atoms with E-state index in [-0.39, 0.29) is 6.85 Å². The minimum absolute atomic E-state index is 0.0498. The highest BCUT2D eigenvalue weighted by Gasteiger charge is 2.49. The van der Waals surface area contributed by atoms with E-state index in [1.807, 2.05) is 17.4 Å². The molecule has 1 aromatic heterocycles. The number of allylic oxidation sites excluding steroid dienone is 8. The van der Waals surface area contributed by atoms with Gasteiger partial charge < -0.3 is 14.6 Å². The van der Waals surface area contributed by atoms with Crippen LogP contribution in [0.5, 0.6) is 0 Å². The standard InChI is InChI=1S/C63H50BN3S/c1-5-20-45(35-41(4)48-27-16-15-26-47(48)40(3)6-2)66-56-38-54-50-29-17-18-32-59(50)68-60(54)39-57(56)67-63-55(36-46(37-58(63)66)65(43-22-9-7-10-23-43)44-24-11-8-12-25-44)52-31-19-30-51-53-34-33-42-21-13-14-28-49(42)61(53)64(67)62(51)52/h5,7-14,16-25,27-40H,1,6,15,26H2,2-4H3/b41-35+,45-20+. The van der Waals surface area contributed by atoms with E-state index in [4.69, 9.17) is 0 Å². The van der Waals surface area contributed by atoms with Gasteiger partial charge in [-0.2, -0.15) is 0 Å². The van der Waals surface area contributed by atoms with Gasteiger partial charge in [0.15, 0.2) is 0 Å². The summed E-state index contributed by atoms with van der Waals surface area (Å²) in [6, 6.07) is 61.2. The van der Waals surface area contributed by atoms with E-state index in [1.165, 1.54) is 86.6 Å². The average molecular weight is 892 g/mol. The van der Waals surface area contributed by atoms with Crippen molar-refractivity contribution in [1.29, 1.82) is 0 Å². The van der Waals surface area contributed by atoms with Crippen molar-refractivity contribution < 1.29 is 0 Å². The molecule has 68 heavy (non-hydrogen) atoms. The predicted octanol–water partition coefficient (Wildman–Crippen LogP) is 16.7. The summed E-state index contributed by atoms with van der Waals surface area (Å²) in [5, 5.41) is 5.13. The molecule has 0 bridgehead atoms. The summed E-state index contributed by atoms with van der Waals surface area (Å²) in [4.78, 5) is 7.73. The minimum Gasteiger partial charge on any atom is -0.373 e. The Kier molecular flexibility index (Phi) is 9.59. The van der Waals surface area contributed by atoms with Gasteiger partial charge in [0, 0.05) is 48.5 Å². The molecule has 9 aromatic rings. The monoisotopic (exact) mass is 891 g/mol. The molecule has 0 fully saturated rings. The number of fused-ring (bicyclic) bond motifs is 12. The van der Waals surface area contributed by atoms with E-state index < -0.39 is 0 Å². The van der Waals surface area contributed by atoms with Crippen LogP contribution < -0.4 is 25.5 Å². The summed E-state index contributed by atoms with van der Waals surface area (Å²) in [6.45, 7) is 11.4. The van der Waals surface area contributed by atoms with Gasteiger partial charge in [-0.05, 0) is 148 Å². The molecular formula is C63H50BN3S. The Labute approximate surface area is 403 Å². The second kappa shape index (κ2) is 16.0. The third-order valence-corrected chi connectivity index (χ3v) is 16.2. The van der Waals surface area contributed by atoms with Crippen LogP contribution in [-0.2, 0) is 0 Å².